The van der Waals surface area contributed by atoms with E-state index < -0.39 is 11.8 Å². The Kier molecular flexibility index (Phi) is 5.54. The highest BCUT2D eigenvalue weighted by Crippen LogP contribution is 2.10. The van der Waals surface area contributed by atoms with Crippen LogP contribution < -0.4 is 0 Å². The van der Waals surface area contributed by atoms with Gasteiger partial charge in [-0.3, -0.25) is 4.79 Å². The van der Waals surface area contributed by atoms with E-state index in [1.807, 2.05) is 6.07 Å². The van der Waals surface area contributed by atoms with Crippen LogP contribution in [0.4, 0.5) is 0 Å². The number of rotatable bonds is 5. The summed E-state index contributed by atoms with van der Waals surface area (Å²) >= 11 is 0. The number of aliphatic hydroxyl groups excluding tert-OH is 1. The van der Waals surface area contributed by atoms with Crippen LogP contribution in [0.15, 0.2) is 48.1 Å². The van der Waals surface area contributed by atoms with Crippen LogP contribution in [-0.4, -0.2) is 23.5 Å². The topological polar surface area (TPSA) is 63.6 Å². The Morgan fingerprint density at radius 2 is 1.84 bits per heavy atom. The molecule has 0 aromatic heterocycles. The standard InChI is InChI=1S/C15H16O4/c1-3-19-15(18)11(2)9-13(16)10-14(17)12-7-5-4-6-8-12/h4-10,17H,3H2,1-2H3/b11-9+,14-10-. The lowest BCUT2D eigenvalue weighted by Gasteiger charge is -2.01. The number of hydrogen-bond acceptors (Lipinski definition) is 4. The Bertz CT molecular complexity index is 512. The Balaban J connectivity index is 2.80. The third-order valence-electron chi connectivity index (χ3n) is 2.30. The van der Waals surface area contributed by atoms with E-state index in [9.17, 15) is 14.7 Å². The van der Waals surface area contributed by atoms with Gasteiger partial charge in [0.2, 0.25) is 0 Å². The van der Waals surface area contributed by atoms with Gasteiger partial charge in [0.25, 0.3) is 0 Å². The average molecular weight is 260 g/mol. The molecule has 0 unspecified atom stereocenters. The van der Waals surface area contributed by atoms with Gasteiger partial charge >= 0.3 is 5.97 Å². The van der Waals surface area contributed by atoms with Crippen molar-refractivity contribution in [2.75, 3.05) is 6.61 Å². The first-order valence-electron chi connectivity index (χ1n) is 5.90. The fourth-order valence-electron chi connectivity index (χ4n) is 1.39. The zero-order valence-corrected chi connectivity index (χ0v) is 10.9. The molecule has 0 aliphatic rings. The number of ketones is 1. The van der Waals surface area contributed by atoms with Gasteiger partial charge in [0.15, 0.2) is 5.78 Å². The van der Waals surface area contributed by atoms with Gasteiger partial charge in [0.05, 0.1) is 6.61 Å². The highest BCUT2D eigenvalue weighted by Gasteiger charge is 2.07. The minimum absolute atomic E-state index is 0.140. The molecule has 0 aliphatic heterocycles. The first-order valence-corrected chi connectivity index (χ1v) is 5.90. The molecule has 1 aromatic carbocycles. The van der Waals surface area contributed by atoms with Gasteiger partial charge in [-0.05, 0) is 19.9 Å². The van der Waals surface area contributed by atoms with E-state index in [1.54, 1.807) is 31.2 Å². The van der Waals surface area contributed by atoms with Crippen LogP contribution in [0.5, 0.6) is 0 Å². The van der Waals surface area contributed by atoms with Gasteiger partial charge in [0, 0.05) is 17.2 Å². The van der Waals surface area contributed by atoms with Crippen LogP contribution in [0.2, 0.25) is 0 Å². The molecule has 1 N–H and O–H groups in total. The normalized spacial score (nSPS) is 12.1. The summed E-state index contributed by atoms with van der Waals surface area (Å²) in [5.74, 6) is -1.14. The molecule has 0 atom stereocenters. The number of carbonyl (C=O) groups is 2. The van der Waals surface area contributed by atoms with Crippen molar-refractivity contribution in [1.82, 2.24) is 0 Å². The summed E-state index contributed by atoms with van der Waals surface area (Å²) in [7, 11) is 0. The first kappa shape index (κ1) is 14.7. The van der Waals surface area contributed by atoms with Gasteiger partial charge in [-0.1, -0.05) is 30.3 Å². The number of carbonyl (C=O) groups excluding carboxylic acids is 2. The van der Waals surface area contributed by atoms with E-state index in [1.165, 1.54) is 6.92 Å². The summed E-state index contributed by atoms with van der Waals surface area (Å²) in [5, 5.41) is 9.74. The van der Waals surface area contributed by atoms with Crippen molar-refractivity contribution >= 4 is 17.5 Å². The zero-order valence-electron chi connectivity index (χ0n) is 10.9. The Morgan fingerprint density at radius 1 is 1.21 bits per heavy atom. The van der Waals surface area contributed by atoms with E-state index in [4.69, 9.17) is 4.74 Å². The predicted molar refractivity (Wildman–Crippen MR) is 72.4 cm³/mol. The minimum Gasteiger partial charge on any atom is -0.507 e. The van der Waals surface area contributed by atoms with Crippen LogP contribution in [-0.2, 0) is 14.3 Å². The van der Waals surface area contributed by atoms with Crippen molar-refractivity contribution in [2.24, 2.45) is 0 Å². The first-order chi connectivity index (χ1) is 9.04. The van der Waals surface area contributed by atoms with Gasteiger partial charge in [-0.15, -0.1) is 0 Å². The van der Waals surface area contributed by atoms with Gasteiger partial charge < -0.3 is 9.84 Å². The van der Waals surface area contributed by atoms with E-state index in [2.05, 4.69) is 0 Å². The zero-order chi connectivity index (χ0) is 14.3. The van der Waals surface area contributed by atoms with Crippen molar-refractivity contribution < 1.29 is 19.4 Å². The lowest BCUT2D eigenvalue weighted by Crippen LogP contribution is -2.06. The third kappa shape index (κ3) is 4.79. The second-order valence-corrected chi connectivity index (χ2v) is 3.85. The molecular formula is C15H16O4. The molecule has 4 heteroatoms. The second-order valence-electron chi connectivity index (χ2n) is 3.85. The molecule has 0 radical (unpaired) electrons. The molecule has 4 nitrogen and oxygen atoms in total. The van der Waals surface area contributed by atoms with Gasteiger partial charge in [-0.2, -0.15) is 0 Å². The Labute approximate surface area is 112 Å². The summed E-state index contributed by atoms with van der Waals surface area (Å²) in [5.41, 5.74) is 0.738. The predicted octanol–water partition coefficient (Wildman–Crippen LogP) is 2.66. The summed E-state index contributed by atoms with van der Waals surface area (Å²) in [6.45, 7) is 3.43. The monoisotopic (exact) mass is 260 g/mol. The van der Waals surface area contributed by atoms with Gasteiger partial charge in [0.1, 0.15) is 5.76 Å². The number of esters is 1. The van der Waals surface area contributed by atoms with Crippen LogP contribution in [0.3, 0.4) is 0 Å². The van der Waals surface area contributed by atoms with Crippen LogP contribution >= 0.6 is 0 Å². The maximum absolute atomic E-state index is 11.6. The molecule has 100 valence electrons. The highest BCUT2D eigenvalue weighted by molar-refractivity contribution is 6.07. The fraction of sp³-hybridized carbons (Fsp3) is 0.200. The quantitative estimate of drug-likeness (QED) is 0.502. The largest absolute Gasteiger partial charge is 0.507 e. The summed E-state index contributed by atoms with van der Waals surface area (Å²) in [6.07, 6.45) is 2.20. The molecule has 19 heavy (non-hydrogen) atoms. The summed E-state index contributed by atoms with van der Waals surface area (Å²) in [4.78, 5) is 22.9. The van der Waals surface area contributed by atoms with Crippen molar-refractivity contribution in [3.8, 4) is 0 Å². The smallest absolute Gasteiger partial charge is 0.333 e. The summed E-state index contributed by atoms with van der Waals surface area (Å²) < 4.78 is 4.75. The SMILES string of the molecule is CCOC(=O)/C(C)=C/C(=O)/C=C(\O)c1ccccc1. The molecule has 1 rings (SSSR count). The van der Waals surface area contributed by atoms with E-state index >= 15 is 0 Å². The van der Waals surface area contributed by atoms with E-state index in [-0.39, 0.29) is 17.9 Å². The van der Waals surface area contributed by atoms with E-state index in [0.717, 1.165) is 12.2 Å². The molecule has 0 fully saturated rings. The fourth-order valence-corrected chi connectivity index (χ4v) is 1.39. The molecule has 0 aliphatic carbocycles. The lowest BCUT2D eigenvalue weighted by atomic mass is 10.1. The number of benzene rings is 1. The van der Waals surface area contributed by atoms with Crippen molar-refractivity contribution in [2.45, 2.75) is 13.8 Å². The van der Waals surface area contributed by atoms with Crippen molar-refractivity contribution in [1.29, 1.82) is 0 Å². The van der Waals surface area contributed by atoms with Crippen molar-refractivity contribution in [3.63, 3.8) is 0 Å². The minimum atomic E-state index is -0.538. The third-order valence-corrected chi connectivity index (χ3v) is 2.30. The number of aliphatic hydroxyl groups is 1. The van der Waals surface area contributed by atoms with Gasteiger partial charge in [-0.25, -0.2) is 4.79 Å². The second kappa shape index (κ2) is 7.16. The number of allylic oxidation sites excluding steroid dienone is 2. The van der Waals surface area contributed by atoms with Crippen molar-refractivity contribution in [3.05, 3.63) is 53.6 Å². The maximum atomic E-state index is 11.6. The molecule has 0 spiro atoms. The van der Waals surface area contributed by atoms with Crippen LogP contribution in [0, 0.1) is 0 Å². The Hall–Kier alpha value is -2.36. The number of hydrogen-bond donors (Lipinski definition) is 1. The molecule has 0 amide bonds. The molecule has 1 aromatic rings. The van der Waals surface area contributed by atoms with Crippen LogP contribution in [0.1, 0.15) is 19.4 Å². The highest BCUT2D eigenvalue weighted by atomic mass is 16.5. The molecule has 0 heterocycles. The molecular weight excluding hydrogens is 244 g/mol. The average Bonchev–Trinajstić information content (AvgIpc) is 2.39. The van der Waals surface area contributed by atoms with E-state index in [0.29, 0.717) is 5.56 Å². The summed E-state index contributed by atoms with van der Waals surface area (Å²) in [6, 6.07) is 8.68. The molecule has 0 saturated carbocycles. The van der Waals surface area contributed by atoms with Crippen LogP contribution in [0.25, 0.3) is 5.76 Å². The molecule has 0 bridgehead atoms. The Morgan fingerprint density at radius 3 is 2.42 bits per heavy atom. The molecule has 0 saturated heterocycles. The lowest BCUT2D eigenvalue weighted by molar-refractivity contribution is -0.138. The number of ether oxygens (including phenoxy) is 1. The maximum Gasteiger partial charge on any atom is 0.333 e.